The first-order chi connectivity index (χ1) is 11.9. The van der Waals surface area contributed by atoms with E-state index in [1.54, 1.807) is 13.0 Å². The molecule has 3 N–H and O–H groups in total. The number of nitrogens with two attached hydrogens (primary N) is 1. The van der Waals surface area contributed by atoms with Crippen molar-refractivity contribution < 1.29 is 4.79 Å². The van der Waals surface area contributed by atoms with Crippen LogP contribution in [0.25, 0.3) is 0 Å². The second kappa shape index (κ2) is 6.48. The van der Waals surface area contributed by atoms with Gasteiger partial charge < -0.3 is 16.0 Å². The number of carbonyl (C=O) groups is 1. The maximum atomic E-state index is 12.2. The quantitative estimate of drug-likeness (QED) is 0.821. The van der Waals surface area contributed by atoms with Gasteiger partial charge in [-0.3, -0.25) is 4.79 Å². The number of nitrogens with zero attached hydrogens (tertiary/aromatic N) is 2. The van der Waals surface area contributed by atoms with E-state index in [9.17, 15) is 10.1 Å². The zero-order valence-electron chi connectivity index (χ0n) is 14.7. The molecule has 0 aromatic heterocycles. The Morgan fingerprint density at radius 1 is 1.24 bits per heavy atom. The highest BCUT2D eigenvalue weighted by atomic mass is 16.2. The average molecular weight is 334 g/mol. The third-order valence-electron chi connectivity index (χ3n) is 5.06. The molecule has 3 atom stereocenters. The van der Waals surface area contributed by atoms with Crippen molar-refractivity contribution in [2.75, 3.05) is 16.0 Å². The first kappa shape index (κ1) is 16.8. The molecule has 1 aliphatic heterocycles. The van der Waals surface area contributed by atoms with Gasteiger partial charge in [-0.2, -0.15) is 5.26 Å². The molecule has 0 unspecified atom stereocenters. The van der Waals surface area contributed by atoms with Gasteiger partial charge in [-0.1, -0.05) is 19.1 Å². The van der Waals surface area contributed by atoms with Crippen LogP contribution in [-0.4, -0.2) is 11.9 Å². The van der Waals surface area contributed by atoms with Crippen LogP contribution in [0.15, 0.2) is 42.5 Å². The fraction of sp³-hybridized carbons (Fsp3) is 0.300. The summed E-state index contributed by atoms with van der Waals surface area (Å²) in [5.74, 6) is 0.146. The molecule has 2 aromatic carbocycles. The van der Waals surface area contributed by atoms with Gasteiger partial charge in [-0.15, -0.1) is 0 Å². The van der Waals surface area contributed by atoms with Gasteiger partial charge in [0.15, 0.2) is 0 Å². The topological polar surface area (TPSA) is 82.2 Å². The van der Waals surface area contributed by atoms with Crippen LogP contribution in [0.1, 0.15) is 37.9 Å². The fourth-order valence-electron chi connectivity index (χ4n) is 3.57. The van der Waals surface area contributed by atoms with E-state index in [4.69, 9.17) is 5.73 Å². The number of fused-ring (bicyclic) bond motifs is 1. The third-order valence-corrected chi connectivity index (χ3v) is 5.06. The maximum Gasteiger partial charge on any atom is 0.224 e. The zero-order chi connectivity index (χ0) is 18.1. The van der Waals surface area contributed by atoms with E-state index in [2.05, 4.69) is 25.2 Å². The molecule has 0 radical (unpaired) electrons. The van der Waals surface area contributed by atoms with E-state index in [-0.39, 0.29) is 23.9 Å². The van der Waals surface area contributed by atoms with Crippen LogP contribution in [0.5, 0.6) is 0 Å². The van der Waals surface area contributed by atoms with Gasteiger partial charge in [-0.05, 0) is 42.8 Å². The summed E-state index contributed by atoms with van der Waals surface area (Å²) >= 11 is 0. The van der Waals surface area contributed by atoms with Crippen molar-refractivity contribution >= 4 is 23.0 Å². The Balaban J connectivity index is 2.12. The molecule has 3 rings (SSSR count). The molecule has 1 aliphatic rings. The minimum absolute atomic E-state index is 0.00276. The van der Waals surface area contributed by atoms with Crippen molar-refractivity contribution in [2.45, 2.75) is 32.9 Å². The number of hydrogen-bond donors (Lipinski definition) is 2. The standard InChI is InChI=1S/C20H22N4O/c1-12-13(2)24(14(3)25)19-9-8-15(11-21)10-16(19)20(12)23-18-7-5-4-6-17(18)22/h4-10,12-13,20,23H,22H2,1-3H3/t12-,13-,20+/m0/s1. The Kier molecular flexibility index (Phi) is 4.37. The van der Waals surface area contributed by atoms with E-state index >= 15 is 0 Å². The number of nitrogens with one attached hydrogen (secondary N) is 1. The fourth-order valence-corrected chi connectivity index (χ4v) is 3.57. The molecule has 0 bridgehead atoms. The molecular formula is C20H22N4O. The molecule has 0 fully saturated rings. The van der Waals surface area contributed by atoms with Crippen LogP contribution < -0.4 is 16.0 Å². The van der Waals surface area contributed by atoms with Crippen LogP contribution in [0.4, 0.5) is 17.1 Å². The van der Waals surface area contributed by atoms with Crippen molar-refractivity contribution in [3.8, 4) is 6.07 Å². The highest BCUT2D eigenvalue weighted by Gasteiger charge is 2.38. The number of amides is 1. The Bertz CT molecular complexity index is 855. The molecule has 0 saturated carbocycles. The van der Waals surface area contributed by atoms with Gasteiger partial charge in [0.05, 0.1) is 29.0 Å². The van der Waals surface area contributed by atoms with Gasteiger partial charge in [0.25, 0.3) is 0 Å². The summed E-state index contributed by atoms with van der Waals surface area (Å²) in [7, 11) is 0. The summed E-state index contributed by atoms with van der Waals surface area (Å²) < 4.78 is 0. The monoisotopic (exact) mass is 334 g/mol. The lowest BCUT2D eigenvalue weighted by Gasteiger charge is -2.44. The molecule has 1 heterocycles. The lowest BCUT2D eigenvalue weighted by Crippen LogP contribution is -2.48. The molecule has 2 aromatic rings. The minimum atomic E-state index is -0.0430. The number of hydrogen-bond acceptors (Lipinski definition) is 4. The van der Waals surface area contributed by atoms with Gasteiger partial charge in [-0.25, -0.2) is 0 Å². The Morgan fingerprint density at radius 2 is 1.96 bits per heavy atom. The summed E-state index contributed by atoms with van der Waals surface area (Å²) in [6, 6.07) is 15.3. The molecule has 128 valence electrons. The van der Waals surface area contributed by atoms with Crippen LogP contribution in [0.2, 0.25) is 0 Å². The summed E-state index contributed by atoms with van der Waals surface area (Å²) in [6.07, 6.45) is 0. The lowest BCUT2D eigenvalue weighted by atomic mass is 9.82. The van der Waals surface area contributed by atoms with E-state index < -0.39 is 0 Å². The molecule has 0 spiro atoms. The lowest BCUT2D eigenvalue weighted by molar-refractivity contribution is -0.117. The van der Waals surface area contributed by atoms with Crippen molar-refractivity contribution in [3.63, 3.8) is 0 Å². The molecule has 0 saturated heterocycles. The number of carbonyl (C=O) groups excluding carboxylic acids is 1. The van der Waals surface area contributed by atoms with Crippen LogP contribution >= 0.6 is 0 Å². The number of anilines is 3. The highest BCUT2D eigenvalue weighted by molar-refractivity contribution is 5.94. The van der Waals surface area contributed by atoms with E-state index in [0.717, 1.165) is 16.9 Å². The number of nitriles is 1. The second-order valence-electron chi connectivity index (χ2n) is 6.58. The Labute approximate surface area is 148 Å². The first-order valence-corrected chi connectivity index (χ1v) is 8.39. The van der Waals surface area contributed by atoms with E-state index in [1.807, 2.05) is 41.3 Å². The van der Waals surface area contributed by atoms with Gasteiger partial charge in [0, 0.05) is 24.6 Å². The van der Waals surface area contributed by atoms with Crippen molar-refractivity contribution in [3.05, 3.63) is 53.6 Å². The zero-order valence-corrected chi connectivity index (χ0v) is 14.7. The SMILES string of the molecule is CC(=O)N1c2ccc(C#N)cc2[C@H](Nc2ccccc2N)[C@@H](C)[C@@H]1C. The highest BCUT2D eigenvalue weighted by Crippen LogP contribution is 2.43. The van der Waals surface area contributed by atoms with Gasteiger partial charge in [0.1, 0.15) is 0 Å². The van der Waals surface area contributed by atoms with Crippen LogP contribution in [-0.2, 0) is 4.79 Å². The largest absolute Gasteiger partial charge is 0.397 e. The number of rotatable bonds is 2. The smallest absolute Gasteiger partial charge is 0.224 e. The molecule has 5 heteroatoms. The normalized spacial score (nSPS) is 22.0. The number of nitrogen functional groups attached to an aromatic ring is 1. The van der Waals surface area contributed by atoms with E-state index in [0.29, 0.717) is 11.3 Å². The second-order valence-corrected chi connectivity index (χ2v) is 6.58. The number of para-hydroxylation sites is 2. The van der Waals surface area contributed by atoms with Crippen molar-refractivity contribution in [1.82, 2.24) is 0 Å². The predicted octanol–water partition coefficient (Wildman–Crippen LogP) is 3.68. The maximum absolute atomic E-state index is 12.2. The summed E-state index contributed by atoms with van der Waals surface area (Å²) in [5, 5.41) is 12.8. The summed E-state index contributed by atoms with van der Waals surface area (Å²) in [6.45, 7) is 5.74. The molecule has 5 nitrogen and oxygen atoms in total. The number of benzene rings is 2. The molecule has 0 aliphatic carbocycles. The van der Waals surface area contributed by atoms with Crippen LogP contribution in [0, 0.1) is 17.2 Å². The van der Waals surface area contributed by atoms with E-state index in [1.165, 1.54) is 0 Å². The van der Waals surface area contributed by atoms with Gasteiger partial charge in [0.2, 0.25) is 5.91 Å². The first-order valence-electron chi connectivity index (χ1n) is 8.39. The van der Waals surface area contributed by atoms with Crippen molar-refractivity contribution in [1.29, 1.82) is 5.26 Å². The molecule has 25 heavy (non-hydrogen) atoms. The third kappa shape index (κ3) is 2.91. The molecular weight excluding hydrogens is 312 g/mol. The Hall–Kier alpha value is -3.00. The molecule has 1 amide bonds. The van der Waals surface area contributed by atoms with Crippen molar-refractivity contribution in [2.24, 2.45) is 5.92 Å². The average Bonchev–Trinajstić information content (AvgIpc) is 2.60. The van der Waals surface area contributed by atoms with Crippen LogP contribution in [0.3, 0.4) is 0 Å². The van der Waals surface area contributed by atoms with Gasteiger partial charge >= 0.3 is 0 Å². The summed E-state index contributed by atoms with van der Waals surface area (Å²) in [4.78, 5) is 14.0. The summed E-state index contributed by atoms with van der Waals surface area (Å²) in [5.41, 5.74) is 10.0. The minimum Gasteiger partial charge on any atom is -0.397 e. The Morgan fingerprint density at radius 3 is 2.60 bits per heavy atom. The predicted molar refractivity (Wildman–Crippen MR) is 100 cm³/mol.